The summed E-state index contributed by atoms with van der Waals surface area (Å²) in [7, 11) is 4.26. The van der Waals surface area contributed by atoms with Gasteiger partial charge in [0.05, 0.1) is 27.3 Å². The Morgan fingerprint density at radius 2 is 1.50 bits per heavy atom. The van der Waals surface area contributed by atoms with E-state index in [1.54, 1.807) is 0 Å². The quantitative estimate of drug-likeness (QED) is 0.352. The summed E-state index contributed by atoms with van der Waals surface area (Å²) in [5.74, 6) is 0.852. The van der Waals surface area contributed by atoms with Gasteiger partial charge in [-0.1, -0.05) is 77.1 Å². The zero-order valence-electron chi connectivity index (χ0n) is 21.2. The van der Waals surface area contributed by atoms with Gasteiger partial charge in [0, 0.05) is 5.56 Å². The zero-order chi connectivity index (χ0) is 23.8. The van der Waals surface area contributed by atoms with E-state index in [2.05, 4.69) is 85.1 Å². The molecule has 0 spiro atoms. The summed E-state index contributed by atoms with van der Waals surface area (Å²) in [4.78, 5) is 0. The SMILES string of the molecule is CC(C)(C)CC(C)(C)c1ccc(OCCOC[C@H](O)C[N+](C)(C)Cc2ccccc2)cc1. The minimum atomic E-state index is -0.502. The lowest BCUT2D eigenvalue weighted by Gasteiger charge is -2.33. The molecule has 0 amide bonds. The van der Waals surface area contributed by atoms with Crippen molar-refractivity contribution in [3.63, 3.8) is 0 Å². The van der Waals surface area contributed by atoms with Crippen molar-refractivity contribution in [2.24, 2.45) is 5.41 Å². The minimum absolute atomic E-state index is 0.128. The summed E-state index contributed by atoms with van der Waals surface area (Å²) in [6.45, 7) is 14.2. The fourth-order valence-corrected chi connectivity index (χ4v) is 4.63. The third-order valence-electron chi connectivity index (χ3n) is 5.57. The van der Waals surface area contributed by atoms with Crippen LogP contribution in [-0.2, 0) is 16.7 Å². The summed E-state index contributed by atoms with van der Waals surface area (Å²) in [5.41, 5.74) is 3.01. The molecule has 32 heavy (non-hydrogen) atoms. The number of likely N-dealkylation sites (N-methyl/N-ethyl adjacent to an activating group) is 1. The van der Waals surface area contributed by atoms with Crippen LogP contribution in [0, 0.1) is 5.41 Å². The Balaban J connectivity index is 1.69. The molecule has 178 valence electrons. The first-order valence-corrected chi connectivity index (χ1v) is 11.7. The Labute approximate surface area is 195 Å². The molecule has 0 aliphatic heterocycles. The Bertz CT molecular complexity index is 792. The van der Waals surface area contributed by atoms with Crippen molar-refractivity contribution in [2.75, 3.05) is 40.5 Å². The van der Waals surface area contributed by atoms with Gasteiger partial charge in [0.25, 0.3) is 0 Å². The first kappa shape index (κ1) is 26.4. The van der Waals surface area contributed by atoms with E-state index in [0.29, 0.717) is 30.8 Å². The van der Waals surface area contributed by atoms with Crippen molar-refractivity contribution in [2.45, 2.75) is 59.1 Å². The van der Waals surface area contributed by atoms with Crippen molar-refractivity contribution in [1.29, 1.82) is 0 Å². The highest BCUT2D eigenvalue weighted by Gasteiger charge is 2.27. The van der Waals surface area contributed by atoms with Crippen molar-refractivity contribution < 1.29 is 19.1 Å². The maximum absolute atomic E-state index is 10.4. The van der Waals surface area contributed by atoms with E-state index in [4.69, 9.17) is 9.47 Å². The molecule has 0 heterocycles. The smallest absolute Gasteiger partial charge is 0.126 e. The Morgan fingerprint density at radius 3 is 2.09 bits per heavy atom. The van der Waals surface area contributed by atoms with Crippen LogP contribution in [0.1, 0.15) is 52.2 Å². The molecule has 4 nitrogen and oxygen atoms in total. The van der Waals surface area contributed by atoms with Crippen LogP contribution in [0.5, 0.6) is 5.75 Å². The van der Waals surface area contributed by atoms with Crippen LogP contribution >= 0.6 is 0 Å². The standard InChI is InChI=1S/C28H44NO3/c1-27(2,3)22-28(4,5)24-13-15-26(16-14-24)32-18-17-31-21-25(30)20-29(6,7)19-23-11-9-8-10-12-23/h8-16,25,30H,17-22H2,1-7H3/q+1/t25-/m1/s1. The summed E-state index contributed by atoms with van der Waals surface area (Å²) in [6.07, 6.45) is 0.620. The lowest BCUT2D eigenvalue weighted by atomic mass is 9.72. The predicted octanol–water partition coefficient (Wildman–Crippen LogP) is 5.43. The van der Waals surface area contributed by atoms with Crippen molar-refractivity contribution in [3.05, 3.63) is 65.7 Å². The number of rotatable bonds is 12. The van der Waals surface area contributed by atoms with E-state index >= 15 is 0 Å². The van der Waals surface area contributed by atoms with Crippen LogP contribution in [-0.4, -0.2) is 56.2 Å². The summed E-state index contributed by atoms with van der Waals surface area (Å²) < 4.78 is 12.2. The van der Waals surface area contributed by atoms with Crippen LogP contribution in [0.4, 0.5) is 0 Å². The molecule has 4 heteroatoms. The average Bonchev–Trinajstić information content (AvgIpc) is 2.66. The fourth-order valence-electron chi connectivity index (χ4n) is 4.63. The average molecular weight is 443 g/mol. The van der Waals surface area contributed by atoms with Crippen molar-refractivity contribution in [1.82, 2.24) is 0 Å². The van der Waals surface area contributed by atoms with Crippen LogP contribution in [0.2, 0.25) is 0 Å². The highest BCUT2D eigenvalue weighted by atomic mass is 16.5. The van der Waals surface area contributed by atoms with Crippen LogP contribution in [0.3, 0.4) is 0 Å². The number of benzene rings is 2. The molecule has 2 aromatic rings. The third kappa shape index (κ3) is 9.72. The Hall–Kier alpha value is -1.88. The van der Waals surface area contributed by atoms with Gasteiger partial charge in [0.1, 0.15) is 31.5 Å². The van der Waals surface area contributed by atoms with Crippen molar-refractivity contribution in [3.8, 4) is 5.75 Å². The van der Waals surface area contributed by atoms with Gasteiger partial charge in [-0.15, -0.1) is 0 Å². The molecule has 2 rings (SSSR count). The van der Waals surface area contributed by atoms with E-state index < -0.39 is 6.10 Å². The van der Waals surface area contributed by atoms with Crippen LogP contribution in [0.15, 0.2) is 54.6 Å². The highest BCUT2D eigenvalue weighted by molar-refractivity contribution is 5.31. The van der Waals surface area contributed by atoms with Gasteiger partial charge in [-0.25, -0.2) is 0 Å². The molecule has 0 fully saturated rings. The number of ether oxygens (including phenoxy) is 2. The Kier molecular flexibility index (Phi) is 9.32. The first-order chi connectivity index (χ1) is 14.9. The van der Waals surface area contributed by atoms with Gasteiger partial charge in [0.15, 0.2) is 0 Å². The maximum atomic E-state index is 10.4. The van der Waals surface area contributed by atoms with E-state index in [0.717, 1.165) is 18.7 Å². The zero-order valence-corrected chi connectivity index (χ0v) is 21.2. The Morgan fingerprint density at radius 1 is 0.875 bits per heavy atom. The first-order valence-electron chi connectivity index (χ1n) is 11.7. The summed E-state index contributed by atoms with van der Waals surface area (Å²) in [6, 6.07) is 18.8. The number of hydrogen-bond donors (Lipinski definition) is 1. The highest BCUT2D eigenvalue weighted by Crippen LogP contribution is 2.36. The van der Waals surface area contributed by atoms with Gasteiger partial charge in [-0.2, -0.15) is 0 Å². The molecule has 2 aromatic carbocycles. The normalized spacial score (nSPS) is 13.8. The van der Waals surface area contributed by atoms with Gasteiger partial charge in [-0.05, 0) is 34.9 Å². The molecule has 0 unspecified atom stereocenters. The van der Waals surface area contributed by atoms with Gasteiger partial charge in [-0.3, -0.25) is 0 Å². The van der Waals surface area contributed by atoms with Gasteiger partial charge in [0.2, 0.25) is 0 Å². The monoisotopic (exact) mass is 442 g/mol. The lowest BCUT2D eigenvalue weighted by molar-refractivity contribution is -0.906. The second-order valence-electron chi connectivity index (χ2n) is 11.5. The minimum Gasteiger partial charge on any atom is -0.491 e. The van der Waals surface area contributed by atoms with E-state index in [-0.39, 0.29) is 10.8 Å². The van der Waals surface area contributed by atoms with E-state index in [1.165, 1.54) is 11.1 Å². The van der Waals surface area contributed by atoms with Gasteiger partial charge < -0.3 is 19.1 Å². The lowest BCUT2D eigenvalue weighted by Crippen LogP contribution is -2.45. The summed E-state index contributed by atoms with van der Waals surface area (Å²) in [5, 5.41) is 10.4. The number of aliphatic hydroxyl groups is 1. The molecule has 0 radical (unpaired) electrons. The largest absolute Gasteiger partial charge is 0.491 e. The summed E-state index contributed by atoms with van der Waals surface area (Å²) >= 11 is 0. The molecule has 1 N–H and O–H groups in total. The predicted molar refractivity (Wildman–Crippen MR) is 133 cm³/mol. The van der Waals surface area contributed by atoms with E-state index in [1.807, 2.05) is 18.2 Å². The number of aliphatic hydroxyl groups excluding tert-OH is 1. The van der Waals surface area contributed by atoms with Crippen LogP contribution < -0.4 is 4.74 Å². The maximum Gasteiger partial charge on any atom is 0.126 e. The van der Waals surface area contributed by atoms with Crippen LogP contribution in [0.25, 0.3) is 0 Å². The fraction of sp³-hybridized carbons (Fsp3) is 0.571. The molecule has 0 saturated carbocycles. The molecular formula is C28H44NO3+. The molecule has 0 aliphatic rings. The van der Waals surface area contributed by atoms with E-state index in [9.17, 15) is 5.11 Å². The molecule has 0 aromatic heterocycles. The van der Waals surface area contributed by atoms with Gasteiger partial charge >= 0.3 is 0 Å². The molecule has 0 saturated heterocycles. The molecule has 1 atom stereocenters. The molecule has 0 aliphatic carbocycles. The third-order valence-corrected chi connectivity index (χ3v) is 5.57. The molecule has 0 bridgehead atoms. The number of quaternary nitrogens is 1. The number of nitrogens with zero attached hydrogens (tertiary/aromatic N) is 1. The topological polar surface area (TPSA) is 38.7 Å². The number of hydrogen-bond acceptors (Lipinski definition) is 3. The molecular weight excluding hydrogens is 398 g/mol. The second kappa shape index (κ2) is 11.3. The second-order valence-corrected chi connectivity index (χ2v) is 11.5. The van der Waals surface area contributed by atoms with Crippen molar-refractivity contribution >= 4 is 0 Å².